The summed E-state index contributed by atoms with van der Waals surface area (Å²) in [4.78, 5) is 0. The molecule has 2 fully saturated rings. The van der Waals surface area contributed by atoms with Crippen molar-refractivity contribution >= 4 is 0 Å². The molecule has 0 heterocycles. The van der Waals surface area contributed by atoms with Gasteiger partial charge in [0.1, 0.15) is 5.82 Å². The fourth-order valence-corrected chi connectivity index (χ4v) is 4.99. The Kier molecular flexibility index (Phi) is 7.07. The van der Waals surface area contributed by atoms with Crippen molar-refractivity contribution in [1.82, 2.24) is 0 Å². The lowest BCUT2D eigenvalue weighted by atomic mass is 9.74. The molecule has 0 aromatic heterocycles. The van der Waals surface area contributed by atoms with Crippen LogP contribution in [0.25, 0.3) is 0 Å². The third-order valence-electron chi connectivity index (χ3n) is 6.70. The third kappa shape index (κ3) is 5.66. The second kappa shape index (κ2) is 9.50. The zero-order valence-electron chi connectivity index (χ0n) is 15.3. The van der Waals surface area contributed by atoms with Crippen molar-refractivity contribution in [2.24, 2.45) is 17.8 Å². The normalized spacial score (nSPS) is 30.6. The topological polar surface area (TPSA) is 0 Å². The first-order valence-electron chi connectivity index (χ1n) is 10.2. The number of benzene rings is 1. The van der Waals surface area contributed by atoms with Crippen LogP contribution in [0.1, 0.15) is 82.1 Å². The summed E-state index contributed by atoms with van der Waals surface area (Å²) in [6.45, 7) is 0. The zero-order chi connectivity index (χ0) is 17.5. The number of hydrogen-bond acceptors (Lipinski definition) is 0. The summed E-state index contributed by atoms with van der Waals surface area (Å²) < 4.78 is 25.2. The molecule has 2 aliphatic carbocycles. The lowest BCUT2D eigenvalue weighted by Gasteiger charge is -2.32. The molecule has 0 aliphatic heterocycles. The van der Waals surface area contributed by atoms with Gasteiger partial charge in [-0.15, -0.1) is 0 Å². The van der Waals surface area contributed by atoms with E-state index in [1.165, 1.54) is 69.8 Å². The minimum Gasteiger partial charge on any atom is -0.216 e. The smallest absolute Gasteiger partial charge is 0.123 e. The summed E-state index contributed by atoms with van der Waals surface area (Å²) in [6, 6.07) is 7.13. The van der Waals surface area contributed by atoms with Gasteiger partial charge in [-0.25, -0.2) is 8.78 Å². The molecule has 0 unspecified atom stereocenters. The number of halogens is 2. The molecule has 138 valence electrons. The van der Waals surface area contributed by atoms with Gasteiger partial charge in [-0.2, -0.15) is 0 Å². The maximum absolute atomic E-state index is 13.1. The van der Waals surface area contributed by atoms with E-state index in [9.17, 15) is 8.78 Å². The third-order valence-corrected chi connectivity index (χ3v) is 6.70. The van der Waals surface area contributed by atoms with Crippen molar-refractivity contribution in [1.29, 1.82) is 0 Å². The maximum atomic E-state index is 13.1. The Hall–Kier alpha value is -1.18. The van der Waals surface area contributed by atoms with Gasteiger partial charge in [-0.05, 0) is 86.3 Å². The maximum Gasteiger partial charge on any atom is 0.123 e. The van der Waals surface area contributed by atoms with Crippen LogP contribution in [0.15, 0.2) is 36.7 Å². The van der Waals surface area contributed by atoms with Crippen molar-refractivity contribution in [2.75, 3.05) is 0 Å². The second-order valence-corrected chi connectivity index (χ2v) is 8.33. The second-order valence-electron chi connectivity index (χ2n) is 8.33. The SMILES string of the molecule is FC=CCC1CCC(CCC2CCC(c3ccc(F)cc3)CC2)CC1. The highest BCUT2D eigenvalue weighted by molar-refractivity contribution is 5.20. The average molecular weight is 347 g/mol. The Morgan fingerprint density at radius 3 is 1.84 bits per heavy atom. The van der Waals surface area contributed by atoms with Crippen LogP contribution in [0, 0.1) is 23.6 Å². The number of hydrogen-bond donors (Lipinski definition) is 0. The standard InChI is InChI=1S/C23H32F2/c24-17-1-2-18-3-5-19(6-4-18)7-8-20-9-11-21(12-10-20)22-13-15-23(25)16-14-22/h1,13-21H,2-12H2. The van der Waals surface area contributed by atoms with Gasteiger partial charge in [0.2, 0.25) is 0 Å². The summed E-state index contributed by atoms with van der Waals surface area (Å²) in [5, 5.41) is 0. The molecule has 0 spiro atoms. The molecule has 2 aliphatic rings. The summed E-state index contributed by atoms with van der Waals surface area (Å²) in [6.07, 6.45) is 16.5. The fraction of sp³-hybridized carbons (Fsp3) is 0.652. The van der Waals surface area contributed by atoms with Gasteiger partial charge < -0.3 is 0 Å². The van der Waals surface area contributed by atoms with Crippen molar-refractivity contribution in [3.05, 3.63) is 48.1 Å². The Bertz CT molecular complexity index is 518. The molecule has 0 nitrogen and oxygen atoms in total. The molecular weight excluding hydrogens is 314 g/mol. The van der Waals surface area contributed by atoms with Crippen LogP contribution in [-0.4, -0.2) is 0 Å². The lowest BCUT2D eigenvalue weighted by Crippen LogP contribution is -2.17. The van der Waals surface area contributed by atoms with Crippen LogP contribution in [-0.2, 0) is 0 Å². The first-order valence-corrected chi connectivity index (χ1v) is 10.2. The van der Waals surface area contributed by atoms with E-state index in [1.807, 2.05) is 12.1 Å². The van der Waals surface area contributed by atoms with E-state index >= 15 is 0 Å². The van der Waals surface area contributed by atoms with Crippen molar-refractivity contribution in [3.63, 3.8) is 0 Å². The van der Waals surface area contributed by atoms with Crippen LogP contribution in [0.2, 0.25) is 0 Å². The van der Waals surface area contributed by atoms with Crippen LogP contribution in [0.4, 0.5) is 8.78 Å². The first-order chi connectivity index (χ1) is 12.2. The van der Waals surface area contributed by atoms with E-state index in [4.69, 9.17) is 0 Å². The minimum absolute atomic E-state index is 0.132. The molecule has 0 atom stereocenters. The van der Waals surface area contributed by atoms with E-state index in [0.29, 0.717) is 12.2 Å². The molecule has 3 rings (SSSR count). The molecule has 25 heavy (non-hydrogen) atoms. The van der Waals surface area contributed by atoms with Crippen LogP contribution in [0.5, 0.6) is 0 Å². The number of allylic oxidation sites excluding steroid dienone is 1. The first kappa shape index (κ1) is 18.6. The Labute approximate surface area is 151 Å². The van der Waals surface area contributed by atoms with E-state index in [1.54, 1.807) is 18.2 Å². The largest absolute Gasteiger partial charge is 0.216 e. The quantitative estimate of drug-likeness (QED) is 0.498. The summed E-state index contributed by atoms with van der Waals surface area (Å²) in [5.74, 6) is 3.02. The summed E-state index contributed by atoms with van der Waals surface area (Å²) >= 11 is 0. The van der Waals surface area contributed by atoms with Crippen molar-refractivity contribution in [3.8, 4) is 0 Å². The lowest BCUT2D eigenvalue weighted by molar-refractivity contribution is 0.231. The summed E-state index contributed by atoms with van der Waals surface area (Å²) in [5.41, 5.74) is 1.32. The predicted molar refractivity (Wildman–Crippen MR) is 101 cm³/mol. The average Bonchev–Trinajstić information content (AvgIpc) is 2.67. The van der Waals surface area contributed by atoms with Crippen LogP contribution >= 0.6 is 0 Å². The monoisotopic (exact) mass is 346 g/mol. The summed E-state index contributed by atoms with van der Waals surface area (Å²) in [7, 11) is 0. The van der Waals surface area contributed by atoms with Crippen LogP contribution < -0.4 is 0 Å². The van der Waals surface area contributed by atoms with E-state index in [-0.39, 0.29) is 5.82 Å². The highest BCUT2D eigenvalue weighted by atomic mass is 19.1. The van der Waals surface area contributed by atoms with E-state index < -0.39 is 0 Å². The molecular formula is C23H32F2. The van der Waals surface area contributed by atoms with Crippen molar-refractivity contribution in [2.45, 2.75) is 76.5 Å². The molecule has 1 aromatic rings. The predicted octanol–water partition coefficient (Wildman–Crippen LogP) is 7.56. The molecule has 0 amide bonds. The van der Waals surface area contributed by atoms with Gasteiger partial charge >= 0.3 is 0 Å². The van der Waals surface area contributed by atoms with E-state index in [2.05, 4.69) is 0 Å². The number of rotatable bonds is 6. The fourth-order valence-electron chi connectivity index (χ4n) is 4.99. The molecule has 0 N–H and O–H groups in total. The van der Waals surface area contributed by atoms with Gasteiger partial charge in [0.25, 0.3) is 0 Å². The van der Waals surface area contributed by atoms with Gasteiger partial charge in [-0.1, -0.05) is 43.9 Å². The molecule has 2 saturated carbocycles. The zero-order valence-corrected chi connectivity index (χ0v) is 15.3. The molecule has 2 heteroatoms. The molecule has 0 saturated heterocycles. The highest BCUT2D eigenvalue weighted by Crippen LogP contribution is 2.40. The minimum atomic E-state index is -0.132. The Balaban J connectivity index is 1.34. The van der Waals surface area contributed by atoms with E-state index in [0.717, 1.165) is 24.2 Å². The van der Waals surface area contributed by atoms with Gasteiger partial charge in [0, 0.05) is 0 Å². The molecule has 0 radical (unpaired) electrons. The molecule has 0 bridgehead atoms. The van der Waals surface area contributed by atoms with Crippen molar-refractivity contribution < 1.29 is 8.78 Å². The Morgan fingerprint density at radius 2 is 1.28 bits per heavy atom. The van der Waals surface area contributed by atoms with Gasteiger partial charge in [0.15, 0.2) is 0 Å². The molecule has 1 aromatic carbocycles. The van der Waals surface area contributed by atoms with Crippen LogP contribution in [0.3, 0.4) is 0 Å². The highest BCUT2D eigenvalue weighted by Gasteiger charge is 2.25. The van der Waals surface area contributed by atoms with Gasteiger partial charge in [-0.3, -0.25) is 0 Å². The van der Waals surface area contributed by atoms with Gasteiger partial charge in [0.05, 0.1) is 6.33 Å². The Morgan fingerprint density at radius 1 is 0.760 bits per heavy atom.